The molecule has 6 rings (SSSR count). The van der Waals surface area contributed by atoms with E-state index in [1.54, 1.807) is 7.11 Å². The van der Waals surface area contributed by atoms with Crippen molar-refractivity contribution < 1.29 is 14.3 Å². The summed E-state index contributed by atoms with van der Waals surface area (Å²) in [6, 6.07) is 21.4. The number of hydrazone groups is 1. The van der Waals surface area contributed by atoms with Crippen LogP contribution in [-0.4, -0.2) is 23.7 Å². The minimum Gasteiger partial charge on any atom is -0.493 e. The third-order valence-electron chi connectivity index (χ3n) is 6.08. The molecule has 0 radical (unpaired) electrons. The van der Waals surface area contributed by atoms with E-state index in [0.717, 1.165) is 26.9 Å². The third-order valence-corrected chi connectivity index (χ3v) is 6.57. The Labute approximate surface area is 187 Å². The number of methoxy groups -OCH3 is 1. The minimum atomic E-state index is -1.41. The molecule has 6 nitrogen and oxygen atoms in total. The zero-order valence-corrected chi connectivity index (χ0v) is 18.2. The molecule has 3 aliphatic rings. The van der Waals surface area contributed by atoms with Gasteiger partial charge in [0.2, 0.25) is 0 Å². The molecular weight excluding hydrogens is 458 g/mol. The number of halogens is 1. The Morgan fingerprint density at radius 3 is 2.81 bits per heavy atom. The summed E-state index contributed by atoms with van der Waals surface area (Å²) in [7, 11) is 1.61. The van der Waals surface area contributed by atoms with E-state index >= 15 is 0 Å². The fourth-order valence-corrected chi connectivity index (χ4v) is 5.03. The van der Waals surface area contributed by atoms with Gasteiger partial charge in [-0.3, -0.25) is 4.79 Å². The van der Waals surface area contributed by atoms with Crippen LogP contribution in [0.1, 0.15) is 29.2 Å². The molecule has 0 saturated heterocycles. The lowest BCUT2D eigenvalue weighted by Gasteiger charge is -2.44. The van der Waals surface area contributed by atoms with Crippen molar-refractivity contribution in [1.82, 2.24) is 5.01 Å². The van der Waals surface area contributed by atoms with Gasteiger partial charge in [0.15, 0.2) is 11.5 Å². The van der Waals surface area contributed by atoms with Crippen LogP contribution in [0.5, 0.6) is 11.5 Å². The lowest BCUT2D eigenvalue weighted by Crippen LogP contribution is -2.55. The summed E-state index contributed by atoms with van der Waals surface area (Å²) < 4.78 is 13.0. The maximum Gasteiger partial charge on any atom is 0.306 e. The molecule has 3 aliphatic heterocycles. The average molecular weight is 476 g/mol. The van der Waals surface area contributed by atoms with Gasteiger partial charge in [-0.25, -0.2) is 5.01 Å². The molecule has 2 atom stereocenters. The van der Waals surface area contributed by atoms with Crippen LogP contribution in [0.4, 0.5) is 5.69 Å². The van der Waals surface area contributed by atoms with Crippen molar-refractivity contribution in [3.05, 3.63) is 87.9 Å². The highest BCUT2D eigenvalue weighted by Gasteiger charge is 2.61. The number of ether oxygens (including phenoxy) is 2. The van der Waals surface area contributed by atoms with Crippen molar-refractivity contribution in [1.29, 1.82) is 0 Å². The van der Waals surface area contributed by atoms with E-state index < -0.39 is 5.72 Å². The topological polar surface area (TPSA) is 63.2 Å². The van der Waals surface area contributed by atoms with Crippen LogP contribution >= 0.6 is 15.9 Å². The van der Waals surface area contributed by atoms with Crippen molar-refractivity contribution in [2.24, 2.45) is 5.10 Å². The lowest BCUT2D eigenvalue weighted by atomic mass is 9.92. The second-order valence-electron chi connectivity index (χ2n) is 7.75. The van der Waals surface area contributed by atoms with E-state index in [0.29, 0.717) is 23.6 Å². The second-order valence-corrected chi connectivity index (χ2v) is 8.66. The van der Waals surface area contributed by atoms with Crippen molar-refractivity contribution in [2.45, 2.75) is 18.2 Å². The van der Waals surface area contributed by atoms with Crippen molar-refractivity contribution in [2.75, 3.05) is 12.4 Å². The van der Waals surface area contributed by atoms with Gasteiger partial charge in [0.1, 0.15) is 0 Å². The van der Waals surface area contributed by atoms with Crippen LogP contribution in [0, 0.1) is 0 Å². The number of carbonyl (C=O) groups is 1. The summed E-state index contributed by atoms with van der Waals surface area (Å²) in [5, 5.41) is 9.77. The Balaban J connectivity index is 1.61. The van der Waals surface area contributed by atoms with E-state index in [4.69, 9.17) is 14.6 Å². The summed E-state index contributed by atoms with van der Waals surface area (Å²) in [6.45, 7) is 0. The number of carbonyl (C=O) groups excluding carboxylic acids is 1. The fraction of sp³-hybridized carbons (Fsp3) is 0.167. The van der Waals surface area contributed by atoms with E-state index in [9.17, 15) is 4.79 Å². The van der Waals surface area contributed by atoms with Crippen LogP contribution in [-0.2, 0) is 10.5 Å². The monoisotopic (exact) mass is 475 g/mol. The average Bonchev–Trinajstić information content (AvgIpc) is 3.36. The minimum absolute atomic E-state index is 0.162. The number of anilines is 1. The molecule has 1 amide bonds. The first-order valence-corrected chi connectivity index (χ1v) is 10.8. The van der Waals surface area contributed by atoms with E-state index in [1.165, 1.54) is 0 Å². The van der Waals surface area contributed by atoms with Crippen molar-refractivity contribution in [3.63, 3.8) is 0 Å². The number of rotatable bonds is 2. The molecule has 31 heavy (non-hydrogen) atoms. The molecular formula is C24H18BrN3O3. The second kappa shape index (κ2) is 6.59. The molecule has 1 N–H and O–H groups in total. The number of nitrogens with zero attached hydrogens (tertiary/aromatic N) is 2. The summed E-state index contributed by atoms with van der Waals surface area (Å²) in [4.78, 5) is 13.5. The van der Waals surface area contributed by atoms with Crippen molar-refractivity contribution in [3.8, 4) is 11.5 Å². The third kappa shape index (κ3) is 2.50. The molecule has 1 spiro atoms. The van der Waals surface area contributed by atoms with Crippen LogP contribution in [0.25, 0.3) is 0 Å². The zero-order valence-electron chi connectivity index (χ0n) is 16.6. The Morgan fingerprint density at radius 1 is 1.16 bits per heavy atom. The Hall–Kier alpha value is -3.32. The standard InChI is InChI=1S/C24H18BrN3O3/c1-30-21-9-5-8-16-20-13-19(14-6-3-2-4-7-14)27-28(20)24(31-22(16)21)17-12-15(25)10-11-18(17)26-23(24)29/h2-12,20H,13H2,1H3,(H,26,29)/t20-,24+/m1/s1. The van der Waals surface area contributed by atoms with Crippen molar-refractivity contribution >= 4 is 33.2 Å². The predicted molar refractivity (Wildman–Crippen MR) is 120 cm³/mol. The van der Waals surface area contributed by atoms with Crippen LogP contribution in [0.15, 0.2) is 76.3 Å². The zero-order chi connectivity index (χ0) is 21.2. The largest absolute Gasteiger partial charge is 0.493 e. The van der Waals surface area contributed by atoms with E-state index in [1.807, 2.05) is 71.7 Å². The molecule has 0 aromatic heterocycles. The number of benzene rings is 3. The van der Waals surface area contributed by atoms with Gasteiger partial charge in [-0.05, 0) is 29.8 Å². The maximum atomic E-state index is 13.5. The van der Waals surface area contributed by atoms with Gasteiger partial charge in [-0.1, -0.05) is 58.4 Å². The highest BCUT2D eigenvalue weighted by molar-refractivity contribution is 9.10. The van der Waals surface area contributed by atoms with Crippen LogP contribution in [0.3, 0.4) is 0 Å². The van der Waals surface area contributed by atoms with Gasteiger partial charge in [0, 0.05) is 16.5 Å². The number of fused-ring (bicyclic) bond motifs is 6. The molecule has 3 heterocycles. The highest BCUT2D eigenvalue weighted by Crippen LogP contribution is 2.56. The molecule has 7 heteroatoms. The quantitative estimate of drug-likeness (QED) is 0.577. The molecule has 0 bridgehead atoms. The Kier molecular flexibility index (Phi) is 3.92. The fourth-order valence-electron chi connectivity index (χ4n) is 4.67. The molecule has 3 aromatic rings. The lowest BCUT2D eigenvalue weighted by molar-refractivity contribution is -0.161. The first-order chi connectivity index (χ1) is 15.1. The SMILES string of the molecule is COc1cccc2c1O[C@@]1(C(=O)Nc3ccc(Br)cc31)N1N=C(c3ccccc3)C[C@H]21. The Bertz CT molecular complexity index is 1260. The predicted octanol–water partition coefficient (Wildman–Crippen LogP) is 4.81. The number of nitrogens with one attached hydrogen (secondary N) is 1. The van der Waals surface area contributed by atoms with Gasteiger partial charge in [0.25, 0.3) is 5.91 Å². The molecule has 0 fully saturated rings. The van der Waals surface area contributed by atoms with E-state index in [2.05, 4.69) is 21.2 Å². The first-order valence-electron chi connectivity index (χ1n) is 10.0. The highest BCUT2D eigenvalue weighted by atomic mass is 79.9. The van der Waals surface area contributed by atoms with Gasteiger partial charge in [-0.2, -0.15) is 5.10 Å². The normalized spacial score (nSPS) is 22.9. The van der Waals surface area contributed by atoms with E-state index in [-0.39, 0.29) is 11.9 Å². The Morgan fingerprint density at radius 2 is 2.00 bits per heavy atom. The summed E-state index contributed by atoms with van der Waals surface area (Å²) in [6.07, 6.45) is 0.659. The first kappa shape index (κ1) is 18.4. The number of amides is 1. The van der Waals surface area contributed by atoms with Crippen LogP contribution < -0.4 is 14.8 Å². The number of para-hydroxylation sites is 1. The maximum absolute atomic E-state index is 13.5. The van der Waals surface area contributed by atoms with Crippen LogP contribution in [0.2, 0.25) is 0 Å². The molecule has 0 unspecified atom stereocenters. The molecule has 0 saturated carbocycles. The smallest absolute Gasteiger partial charge is 0.306 e. The summed E-state index contributed by atoms with van der Waals surface area (Å²) in [5.74, 6) is 0.917. The number of hydrogen-bond acceptors (Lipinski definition) is 5. The molecule has 0 aliphatic carbocycles. The van der Waals surface area contributed by atoms with Gasteiger partial charge < -0.3 is 14.8 Å². The molecule has 154 valence electrons. The summed E-state index contributed by atoms with van der Waals surface area (Å²) >= 11 is 3.54. The summed E-state index contributed by atoms with van der Waals surface area (Å²) in [5.41, 5.74) is 2.93. The molecule has 3 aromatic carbocycles. The van der Waals surface area contributed by atoms with Gasteiger partial charge in [0.05, 0.1) is 30.1 Å². The van der Waals surface area contributed by atoms with Gasteiger partial charge >= 0.3 is 5.72 Å². The number of hydrogen-bond donors (Lipinski definition) is 1. The van der Waals surface area contributed by atoms with Gasteiger partial charge in [-0.15, -0.1) is 0 Å².